The number of fused-ring (bicyclic) bond motifs is 1. The average Bonchev–Trinajstić information content (AvgIpc) is 3.47. The summed E-state index contributed by atoms with van der Waals surface area (Å²) in [5.74, 6) is -0.548. The molecule has 1 N–H and O–H groups in total. The van der Waals surface area contributed by atoms with Gasteiger partial charge in [-0.05, 0) is 30.5 Å². The lowest BCUT2D eigenvalue weighted by molar-refractivity contribution is -0.125. The van der Waals surface area contributed by atoms with Gasteiger partial charge in [0.05, 0.1) is 24.0 Å². The predicted octanol–water partition coefficient (Wildman–Crippen LogP) is 2.93. The van der Waals surface area contributed by atoms with Crippen LogP contribution in [0.3, 0.4) is 0 Å². The van der Waals surface area contributed by atoms with Crippen LogP contribution in [-0.4, -0.2) is 79.6 Å². The van der Waals surface area contributed by atoms with Crippen molar-refractivity contribution in [1.29, 1.82) is 0 Å². The Morgan fingerprint density at radius 3 is 2.71 bits per heavy atom. The number of rotatable bonds is 9. The monoisotopic (exact) mass is 574 g/mol. The minimum Gasteiger partial charge on any atom is -0.477 e. The molecule has 0 spiro atoms. The fraction of sp³-hybridized carbons (Fsp3) is 0.379. The number of carbonyl (C=O) groups is 2. The second-order valence-electron chi connectivity index (χ2n) is 10.6. The highest BCUT2D eigenvalue weighted by atomic mass is 32.1. The van der Waals surface area contributed by atoms with Crippen LogP contribution in [0.4, 0.5) is 5.82 Å². The van der Waals surface area contributed by atoms with Gasteiger partial charge < -0.3 is 14.7 Å². The normalized spacial score (nSPS) is 18.0. The summed E-state index contributed by atoms with van der Waals surface area (Å²) in [7, 11) is 0. The zero-order chi connectivity index (χ0) is 28.5. The number of morpholine rings is 1. The number of aromatic carboxylic acids is 1. The first-order valence-electron chi connectivity index (χ1n) is 13.6. The molecule has 12 heteroatoms. The molecule has 0 radical (unpaired) electrons. The van der Waals surface area contributed by atoms with Gasteiger partial charge in [-0.1, -0.05) is 30.3 Å². The average molecular weight is 575 g/mol. The number of hydrogen-bond donors (Lipinski definition) is 1. The molecule has 41 heavy (non-hydrogen) atoms. The van der Waals surface area contributed by atoms with Gasteiger partial charge in [-0.25, -0.2) is 14.8 Å². The van der Waals surface area contributed by atoms with E-state index in [9.17, 15) is 19.5 Å². The van der Waals surface area contributed by atoms with Crippen molar-refractivity contribution in [2.75, 3.05) is 37.7 Å². The third kappa shape index (κ3) is 5.63. The van der Waals surface area contributed by atoms with E-state index in [0.717, 1.165) is 31.2 Å². The van der Waals surface area contributed by atoms with E-state index in [0.29, 0.717) is 54.7 Å². The lowest BCUT2D eigenvalue weighted by atomic mass is 9.91. The second-order valence-corrected chi connectivity index (χ2v) is 11.3. The molecule has 2 saturated heterocycles. The first-order valence-corrected chi connectivity index (χ1v) is 14.4. The number of ketones is 1. The second kappa shape index (κ2) is 11.5. The molecule has 11 nitrogen and oxygen atoms in total. The van der Waals surface area contributed by atoms with Gasteiger partial charge in [-0.3, -0.25) is 19.1 Å². The van der Waals surface area contributed by atoms with Crippen LogP contribution in [0.1, 0.15) is 34.3 Å². The molecule has 0 aliphatic carbocycles. The summed E-state index contributed by atoms with van der Waals surface area (Å²) in [5, 5.41) is 10.2. The van der Waals surface area contributed by atoms with E-state index < -0.39 is 11.4 Å². The van der Waals surface area contributed by atoms with Crippen molar-refractivity contribution in [2.24, 2.45) is 5.92 Å². The summed E-state index contributed by atoms with van der Waals surface area (Å²) >= 11 is 1.07. The van der Waals surface area contributed by atoms with Crippen molar-refractivity contribution in [3.05, 3.63) is 75.8 Å². The smallest absolute Gasteiger partial charge is 0.341 e. The Hall–Kier alpha value is -4.00. The van der Waals surface area contributed by atoms with Gasteiger partial charge >= 0.3 is 5.97 Å². The number of aromatic nitrogens is 4. The molecule has 5 heterocycles. The number of aryl methyl sites for hydroxylation is 1. The first kappa shape index (κ1) is 27.2. The molecule has 2 fully saturated rings. The molecular weight excluding hydrogens is 544 g/mol. The van der Waals surface area contributed by atoms with Gasteiger partial charge in [0.2, 0.25) is 10.6 Å². The molecule has 1 aromatic carbocycles. The molecule has 0 bridgehead atoms. The summed E-state index contributed by atoms with van der Waals surface area (Å²) in [6.45, 7) is 6.11. The van der Waals surface area contributed by atoms with Crippen LogP contribution in [0.15, 0.2) is 53.7 Å². The fourth-order valence-corrected chi connectivity index (χ4v) is 6.04. The molecule has 212 valence electrons. The van der Waals surface area contributed by atoms with Crippen molar-refractivity contribution in [2.45, 2.75) is 32.4 Å². The van der Waals surface area contributed by atoms with Gasteiger partial charge in [-0.15, -0.1) is 0 Å². The van der Waals surface area contributed by atoms with Crippen LogP contribution in [-0.2, 0) is 16.1 Å². The predicted molar refractivity (Wildman–Crippen MR) is 154 cm³/mol. The fourth-order valence-electron chi connectivity index (χ4n) is 5.53. The van der Waals surface area contributed by atoms with Crippen LogP contribution in [0.2, 0.25) is 0 Å². The third-order valence-electron chi connectivity index (χ3n) is 7.77. The third-order valence-corrected chi connectivity index (χ3v) is 8.44. The maximum atomic E-state index is 13.0. The highest BCUT2D eigenvalue weighted by molar-refractivity contribution is 7.08. The molecule has 6 rings (SSSR count). The Balaban J connectivity index is 1.11. The molecular formula is C29H30N6O5S. The molecule has 3 aromatic heterocycles. The number of carboxylic acids is 1. The van der Waals surface area contributed by atoms with E-state index >= 15 is 0 Å². The van der Waals surface area contributed by atoms with Crippen LogP contribution in [0.5, 0.6) is 0 Å². The van der Waals surface area contributed by atoms with Crippen molar-refractivity contribution < 1.29 is 19.4 Å². The molecule has 0 saturated carbocycles. The number of carboxylic acid groups (broad SMARTS) is 1. The summed E-state index contributed by atoms with van der Waals surface area (Å²) in [4.78, 5) is 51.1. The van der Waals surface area contributed by atoms with Crippen molar-refractivity contribution in [1.82, 2.24) is 23.8 Å². The van der Waals surface area contributed by atoms with E-state index in [1.54, 1.807) is 13.0 Å². The summed E-state index contributed by atoms with van der Waals surface area (Å²) in [6, 6.07) is 12.2. The van der Waals surface area contributed by atoms with E-state index in [-0.39, 0.29) is 28.8 Å². The molecule has 2 aliphatic heterocycles. The minimum absolute atomic E-state index is 0.0465. The topological polar surface area (TPSA) is 131 Å². The van der Waals surface area contributed by atoms with Crippen LogP contribution < -0.4 is 10.3 Å². The van der Waals surface area contributed by atoms with E-state index in [1.807, 2.05) is 11.0 Å². The van der Waals surface area contributed by atoms with Gasteiger partial charge in [-0.2, -0.15) is 4.37 Å². The van der Waals surface area contributed by atoms with E-state index in [4.69, 9.17) is 9.72 Å². The van der Waals surface area contributed by atoms with Crippen molar-refractivity contribution >= 4 is 40.1 Å². The number of anilines is 1. The standard InChI is InChI=1S/C29H30N6O5S/c1-18-11-24(32-27-25(18)26(37)22(28(38)39)16-35(27)29-30-17-31-41-29)34-13-20(14-34)23(36)8-7-21-15-33(9-10-40-21)12-19-5-3-2-4-6-19/h2-6,11,16-17,20-21H,7-10,12-15H2,1H3,(H,38,39). The van der Waals surface area contributed by atoms with Gasteiger partial charge in [0.25, 0.3) is 0 Å². The maximum Gasteiger partial charge on any atom is 0.341 e. The Kier molecular flexibility index (Phi) is 7.61. The Bertz CT molecular complexity index is 1640. The van der Waals surface area contributed by atoms with Crippen LogP contribution in [0, 0.1) is 12.8 Å². The van der Waals surface area contributed by atoms with Crippen molar-refractivity contribution in [3.8, 4) is 5.13 Å². The number of Topliss-reactive ketones (excluding diaryl/α,β-unsaturated/α-hetero) is 1. The van der Waals surface area contributed by atoms with E-state index in [2.05, 4.69) is 38.5 Å². The van der Waals surface area contributed by atoms with Crippen LogP contribution >= 0.6 is 11.5 Å². The number of pyridine rings is 2. The Morgan fingerprint density at radius 1 is 1.17 bits per heavy atom. The van der Waals surface area contributed by atoms with Gasteiger partial charge in [0.1, 0.15) is 23.5 Å². The summed E-state index contributed by atoms with van der Waals surface area (Å²) in [6.07, 6.45) is 3.84. The summed E-state index contributed by atoms with van der Waals surface area (Å²) in [5.41, 5.74) is 1.26. The number of carbonyl (C=O) groups excluding carboxylic acids is 1. The molecule has 1 unspecified atom stereocenters. The van der Waals surface area contributed by atoms with Gasteiger partial charge in [0, 0.05) is 56.9 Å². The highest BCUT2D eigenvalue weighted by Gasteiger charge is 2.34. The number of ether oxygens (including phenoxy) is 1. The zero-order valence-electron chi connectivity index (χ0n) is 22.6. The van der Waals surface area contributed by atoms with E-state index in [1.165, 1.54) is 22.7 Å². The van der Waals surface area contributed by atoms with Crippen LogP contribution in [0.25, 0.3) is 16.2 Å². The molecule has 0 amide bonds. The minimum atomic E-state index is -1.31. The summed E-state index contributed by atoms with van der Waals surface area (Å²) < 4.78 is 11.5. The first-order chi connectivity index (χ1) is 19.9. The number of nitrogens with zero attached hydrogens (tertiary/aromatic N) is 6. The Morgan fingerprint density at radius 2 is 1.98 bits per heavy atom. The molecule has 2 aliphatic rings. The lowest BCUT2D eigenvalue weighted by Crippen LogP contribution is -2.51. The molecule has 4 aromatic rings. The quantitative estimate of drug-likeness (QED) is 0.318. The zero-order valence-corrected chi connectivity index (χ0v) is 23.4. The largest absolute Gasteiger partial charge is 0.477 e. The van der Waals surface area contributed by atoms with Crippen molar-refractivity contribution in [3.63, 3.8) is 0 Å². The molecule has 1 atom stereocenters. The Labute approximate surface area is 240 Å². The lowest BCUT2D eigenvalue weighted by Gasteiger charge is -2.40. The van der Waals surface area contributed by atoms with Gasteiger partial charge in [0.15, 0.2) is 5.65 Å². The SMILES string of the molecule is Cc1cc(N2CC(C(=O)CCC3CN(Cc4ccccc4)CCO3)C2)nc2c1c(=O)c(C(=O)O)cn2-c1ncns1. The number of hydrogen-bond acceptors (Lipinski definition) is 10. The highest BCUT2D eigenvalue weighted by Crippen LogP contribution is 2.29. The maximum absolute atomic E-state index is 13.0. The number of benzene rings is 1.